The Morgan fingerprint density at radius 2 is 2.15 bits per heavy atom. The Hall–Kier alpha value is -0.0900. The maximum absolute atomic E-state index is 8.86. The number of benzene rings is 1. The summed E-state index contributed by atoms with van der Waals surface area (Å²) in [5, 5.41) is 8.86. The molecule has 1 aromatic rings. The molecule has 0 aliphatic heterocycles. The van der Waals surface area contributed by atoms with Gasteiger partial charge in [-0.2, -0.15) is 0 Å². The maximum atomic E-state index is 8.86. The van der Waals surface area contributed by atoms with E-state index in [0.717, 1.165) is 15.6 Å². The number of aliphatic hydroxyl groups is 1. The lowest BCUT2D eigenvalue weighted by atomic mass is 10.0. The molecule has 0 saturated carbocycles. The van der Waals surface area contributed by atoms with Crippen molar-refractivity contribution in [2.24, 2.45) is 5.73 Å². The van der Waals surface area contributed by atoms with Gasteiger partial charge in [0, 0.05) is 4.47 Å². The van der Waals surface area contributed by atoms with Crippen molar-refractivity contribution >= 4 is 28.3 Å². The van der Waals surface area contributed by atoms with Crippen LogP contribution in [0.25, 0.3) is 0 Å². The fourth-order valence-electron chi connectivity index (χ4n) is 1.12. The zero-order valence-corrected chi connectivity index (χ0v) is 9.73. The summed E-state index contributed by atoms with van der Waals surface area (Å²) < 4.78 is 1.03. The molecule has 0 bridgehead atoms. The first-order chi connectivity index (χ1) is 5.66. The molecule has 0 spiro atoms. The zero-order chi connectivity index (χ0) is 9.14. The van der Waals surface area contributed by atoms with Crippen molar-refractivity contribution in [3.63, 3.8) is 0 Å². The van der Waals surface area contributed by atoms with Gasteiger partial charge >= 0.3 is 0 Å². The van der Waals surface area contributed by atoms with E-state index in [9.17, 15) is 0 Å². The summed E-state index contributed by atoms with van der Waals surface area (Å²) in [5.41, 5.74) is 7.78. The van der Waals surface area contributed by atoms with Crippen LogP contribution in [0.4, 0.5) is 0 Å². The van der Waals surface area contributed by atoms with Crippen LogP contribution in [-0.2, 0) is 0 Å². The van der Waals surface area contributed by atoms with E-state index in [0.29, 0.717) is 0 Å². The molecule has 1 aromatic carbocycles. The normalized spacial score (nSPS) is 12.0. The molecular weight excluding hydrogens is 253 g/mol. The van der Waals surface area contributed by atoms with Crippen molar-refractivity contribution in [1.82, 2.24) is 0 Å². The van der Waals surface area contributed by atoms with Gasteiger partial charge in [-0.1, -0.05) is 28.1 Å². The third-order valence-electron chi connectivity index (χ3n) is 1.91. The van der Waals surface area contributed by atoms with E-state index in [1.807, 2.05) is 25.1 Å². The van der Waals surface area contributed by atoms with E-state index in [-0.39, 0.29) is 25.1 Å². The zero-order valence-electron chi connectivity index (χ0n) is 7.33. The third-order valence-corrected chi connectivity index (χ3v) is 2.76. The fraction of sp³-hybridized carbons (Fsp3) is 0.333. The Bertz CT molecular complexity index is 280. The molecular formula is C9H13BrClNO. The van der Waals surface area contributed by atoms with Gasteiger partial charge in [0.25, 0.3) is 0 Å². The monoisotopic (exact) mass is 265 g/mol. The molecule has 0 aliphatic carbocycles. The second kappa shape index (κ2) is 5.60. The van der Waals surface area contributed by atoms with Crippen LogP contribution in [-0.4, -0.2) is 11.7 Å². The van der Waals surface area contributed by atoms with Crippen LogP contribution in [0.15, 0.2) is 22.7 Å². The Morgan fingerprint density at radius 1 is 1.54 bits per heavy atom. The lowest BCUT2D eigenvalue weighted by Crippen LogP contribution is -2.15. The van der Waals surface area contributed by atoms with Crippen molar-refractivity contribution in [3.05, 3.63) is 33.8 Å². The molecule has 0 aliphatic rings. The summed E-state index contributed by atoms with van der Waals surface area (Å²) in [6.45, 7) is 1.96. The molecule has 0 fully saturated rings. The number of rotatable bonds is 2. The minimum absolute atomic E-state index is 0. The quantitative estimate of drug-likeness (QED) is 0.862. The summed E-state index contributed by atoms with van der Waals surface area (Å²) in [5.74, 6) is 0. The molecule has 13 heavy (non-hydrogen) atoms. The molecule has 4 heteroatoms. The van der Waals surface area contributed by atoms with Gasteiger partial charge < -0.3 is 10.8 Å². The molecule has 1 unspecified atom stereocenters. The van der Waals surface area contributed by atoms with Crippen molar-refractivity contribution < 1.29 is 5.11 Å². The smallest absolute Gasteiger partial charge is 0.0624 e. The molecule has 3 N–H and O–H groups in total. The molecule has 0 radical (unpaired) electrons. The van der Waals surface area contributed by atoms with Crippen molar-refractivity contribution in [2.75, 3.05) is 6.61 Å². The van der Waals surface area contributed by atoms with Crippen LogP contribution in [0.2, 0.25) is 0 Å². The second-order valence-electron chi connectivity index (χ2n) is 2.74. The van der Waals surface area contributed by atoms with E-state index in [1.54, 1.807) is 0 Å². The summed E-state index contributed by atoms with van der Waals surface area (Å²) in [7, 11) is 0. The van der Waals surface area contributed by atoms with E-state index in [4.69, 9.17) is 10.8 Å². The highest BCUT2D eigenvalue weighted by Gasteiger charge is 2.08. The summed E-state index contributed by atoms with van der Waals surface area (Å²) in [6, 6.07) is 5.54. The number of nitrogens with two attached hydrogens (primary N) is 1. The van der Waals surface area contributed by atoms with Gasteiger partial charge in [-0.05, 0) is 24.1 Å². The van der Waals surface area contributed by atoms with Gasteiger partial charge in [0.2, 0.25) is 0 Å². The largest absolute Gasteiger partial charge is 0.394 e. The van der Waals surface area contributed by atoms with Gasteiger partial charge in [0.15, 0.2) is 0 Å². The first kappa shape index (κ1) is 12.9. The third kappa shape index (κ3) is 2.95. The molecule has 0 saturated heterocycles. The highest BCUT2D eigenvalue weighted by Crippen LogP contribution is 2.22. The topological polar surface area (TPSA) is 46.2 Å². The lowest BCUT2D eigenvalue weighted by molar-refractivity contribution is 0.267. The molecule has 2 nitrogen and oxygen atoms in total. The Kier molecular flexibility index (Phi) is 5.56. The molecule has 0 heterocycles. The van der Waals surface area contributed by atoms with Crippen molar-refractivity contribution in [3.8, 4) is 0 Å². The molecule has 74 valence electrons. The SMILES string of the molecule is Cc1c(Br)cccc1C(N)CO.Cl. The van der Waals surface area contributed by atoms with Crippen molar-refractivity contribution in [1.29, 1.82) is 0 Å². The first-order valence-electron chi connectivity index (χ1n) is 3.78. The highest BCUT2D eigenvalue weighted by molar-refractivity contribution is 9.10. The Morgan fingerprint density at radius 3 is 2.69 bits per heavy atom. The molecule has 0 amide bonds. The Labute approximate surface area is 92.7 Å². The summed E-state index contributed by atoms with van der Waals surface area (Å²) in [6.07, 6.45) is 0. The van der Waals surface area contributed by atoms with Crippen LogP contribution in [0.1, 0.15) is 17.2 Å². The predicted molar refractivity (Wildman–Crippen MR) is 60.1 cm³/mol. The lowest BCUT2D eigenvalue weighted by Gasteiger charge is -2.12. The standard InChI is InChI=1S/C9H12BrNO.ClH/c1-6-7(9(11)5-12)3-2-4-8(6)10;/h2-4,9,12H,5,11H2,1H3;1H. The number of hydrogen-bond acceptors (Lipinski definition) is 2. The predicted octanol–water partition coefficient (Wildman–Crippen LogP) is 2.17. The number of aliphatic hydroxyl groups excluding tert-OH is 1. The van der Waals surface area contributed by atoms with E-state index in [1.165, 1.54) is 0 Å². The van der Waals surface area contributed by atoms with Crippen LogP contribution in [0, 0.1) is 6.92 Å². The minimum atomic E-state index is -0.275. The summed E-state index contributed by atoms with van der Waals surface area (Å²) >= 11 is 3.41. The maximum Gasteiger partial charge on any atom is 0.0624 e. The molecule has 1 atom stereocenters. The van der Waals surface area contributed by atoms with Gasteiger partial charge in [0.05, 0.1) is 12.6 Å². The van der Waals surface area contributed by atoms with Gasteiger partial charge in [-0.25, -0.2) is 0 Å². The first-order valence-corrected chi connectivity index (χ1v) is 4.57. The average molecular weight is 267 g/mol. The van der Waals surface area contributed by atoms with E-state index < -0.39 is 0 Å². The average Bonchev–Trinajstić information content (AvgIpc) is 2.08. The number of hydrogen-bond donors (Lipinski definition) is 2. The van der Waals surface area contributed by atoms with Gasteiger partial charge in [-0.15, -0.1) is 12.4 Å². The van der Waals surface area contributed by atoms with E-state index in [2.05, 4.69) is 15.9 Å². The van der Waals surface area contributed by atoms with Crippen molar-refractivity contribution in [2.45, 2.75) is 13.0 Å². The van der Waals surface area contributed by atoms with Crippen LogP contribution in [0.5, 0.6) is 0 Å². The van der Waals surface area contributed by atoms with Crippen LogP contribution >= 0.6 is 28.3 Å². The summed E-state index contributed by atoms with van der Waals surface area (Å²) in [4.78, 5) is 0. The van der Waals surface area contributed by atoms with Gasteiger partial charge in [-0.3, -0.25) is 0 Å². The van der Waals surface area contributed by atoms with Crippen LogP contribution in [0.3, 0.4) is 0 Å². The minimum Gasteiger partial charge on any atom is -0.394 e. The molecule has 0 aromatic heterocycles. The fourth-order valence-corrected chi connectivity index (χ4v) is 1.51. The molecule has 1 rings (SSSR count). The van der Waals surface area contributed by atoms with Crippen LogP contribution < -0.4 is 5.73 Å². The second-order valence-corrected chi connectivity index (χ2v) is 3.60. The highest BCUT2D eigenvalue weighted by atomic mass is 79.9. The number of halogens is 2. The van der Waals surface area contributed by atoms with E-state index >= 15 is 0 Å². The Balaban J connectivity index is 0.00000144. The van der Waals surface area contributed by atoms with Gasteiger partial charge in [0.1, 0.15) is 0 Å².